The predicted octanol–water partition coefficient (Wildman–Crippen LogP) is 3.22. The molecule has 0 spiro atoms. The zero-order chi connectivity index (χ0) is 21.8. The number of amides is 1. The number of likely N-dealkylation sites (tertiary alicyclic amines) is 2. The summed E-state index contributed by atoms with van der Waals surface area (Å²) in [6.07, 6.45) is 4.31. The number of hydrogen-bond donors (Lipinski definition) is 0. The number of carbonyl (C=O) groups is 1. The molecule has 3 heterocycles. The van der Waals surface area contributed by atoms with Crippen LogP contribution in [0, 0.1) is 11.8 Å². The van der Waals surface area contributed by atoms with Gasteiger partial charge in [-0.3, -0.25) is 9.69 Å². The normalized spacial score (nSPS) is 22.4. The Hall–Kier alpha value is -2.61. The van der Waals surface area contributed by atoms with Crippen LogP contribution in [0.15, 0.2) is 22.7 Å². The first kappa shape index (κ1) is 21.6. The molecule has 2 unspecified atom stereocenters. The first-order valence-electron chi connectivity index (χ1n) is 11.1. The maximum Gasteiger partial charge on any atom is 0.241 e. The summed E-state index contributed by atoms with van der Waals surface area (Å²) in [6, 6.07) is 5.54. The van der Waals surface area contributed by atoms with Crippen molar-refractivity contribution in [2.75, 3.05) is 40.4 Å². The highest BCUT2D eigenvalue weighted by Gasteiger charge is 2.31. The van der Waals surface area contributed by atoms with Gasteiger partial charge in [-0.25, -0.2) is 0 Å². The average Bonchev–Trinajstić information content (AvgIpc) is 3.26. The van der Waals surface area contributed by atoms with Crippen molar-refractivity contribution in [2.24, 2.45) is 11.8 Å². The summed E-state index contributed by atoms with van der Waals surface area (Å²) in [5.41, 5.74) is 0.804. The van der Waals surface area contributed by atoms with Gasteiger partial charge in [0.15, 0.2) is 11.5 Å². The van der Waals surface area contributed by atoms with E-state index in [-0.39, 0.29) is 5.92 Å². The van der Waals surface area contributed by atoms with Crippen molar-refractivity contribution >= 4 is 5.91 Å². The first-order valence-corrected chi connectivity index (χ1v) is 11.1. The molecular formula is C23H32N4O4. The van der Waals surface area contributed by atoms with Crippen LogP contribution in [0.3, 0.4) is 0 Å². The lowest BCUT2D eigenvalue weighted by Crippen LogP contribution is -2.47. The van der Waals surface area contributed by atoms with Gasteiger partial charge in [-0.05, 0) is 56.3 Å². The number of benzene rings is 1. The molecule has 8 nitrogen and oxygen atoms in total. The van der Waals surface area contributed by atoms with Crippen molar-refractivity contribution < 1.29 is 18.8 Å². The van der Waals surface area contributed by atoms with Gasteiger partial charge < -0.3 is 18.9 Å². The van der Waals surface area contributed by atoms with Gasteiger partial charge in [-0.15, -0.1) is 0 Å². The topological polar surface area (TPSA) is 80.9 Å². The van der Waals surface area contributed by atoms with Crippen LogP contribution in [-0.2, 0) is 11.3 Å². The van der Waals surface area contributed by atoms with E-state index in [1.807, 2.05) is 18.2 Å². The van der Waals surface area contributed by atoms with Crippen molar-refractivity contribution in [3.8, 4) is 22.9 Å². The Labute approximate surface area is 183 Å². The fourth-order valence-corrected chi connectivity index (χ4v) is 4.65. The van der Waals surface area contributed by atoms with Gasteiger partial charge in [0.25, 0.3) is 0 Å². The van der Waals surface area contributed by atoms with Crippen LogP contribution < -0.4 is 9.47 Å². The van der Waals surface area contributed by atoms with E-state index in [1.54, 1.807) is 14.2 Å². The highest BCUT2D eigenvalue weighted by atomic mass is 16.5. The minimum absolute atomic E-state index is 0.0623. The minimum atomic E-state index is 0.0623. The highest BCUT2D eigenvalue weighted by molar-refractivity contribution is 5.79. The van der Waals surface area contributed by atoms with Crippen LogP contribution in [0.2, 0.25) is 0 Å². The molecule has 0 saturated carbocycles. The molecular weight excluding hydrogens is 396 g/mol. The Morgan fingerprint density at radius 2 is 1.94 bits per heavy atom. The molecule has 0 radical (unpaired) electrons. The number of piperidine rings is 2. The third-order valence-corrected chi connectivity index (χ3v) is 6.29. The van der Waals surface area contributed by atoms with Gasteiger partial charge in [0.2, 0.25) is 17.6 Å². The van der Waals surface area contributed by atoms with E-state index in [0.717, 1.165) is 51.0 Å². The predicted molar refractivity (Wildman–Crippen MR) is 116 cm³/mol. The molecule has 2 aliphatic heterocycles. The van der Waals surface area contributed by atoms with Crippen LogP contribution >= 0.6 is 0 Å². The van der Waals surface area contributed by atoms with E-state index in [9.17, 15) is 4.79 Å². The van der Waals surface area contributed by atoms with Crippen molar-refractivity contribution in [3.05, 3.63) is 24.1 Å². The van der Waals surface area contributed by atoms with Gasteiger partial charge in [-0.2, -0.15) is 4.98 Å². The maximum absolute atomic E-state index is 13.0. The molecule has 2 aromatic rings. The monoisotopic (exact) mass is 428 g/mol. The molecule has 1 aromatic carbocycles. The fraction of sp³-hybridized carbons (Fsp3) is 0.609. The van der Waals surface area contributed by atoms with E-state index in [4.69, 9.17) is 14.0 Å². The average molecular weight is 429 g/mol. The van der Waals surface area contributed by atoms with Crippen molar-refractivity contribution in [1.29, 1.82) is 0 Å². The molecule has 2 aliphatic rings. The number of nitrogens with zero attached hydrogens (tertiary/aromatic N) is 4. The maximum atomic E-state index is 13.0. The van der Waals surface area contributed by atoms with Crippen LogP contribution in [0.25, 0.3) is 11.4 Å². The zero-order valence-electron chi connectivity index (χ0n) is 18.7. The second kappa shape index (κ2) is 9.68. The van der Waals surface area contributed by atoms with Gasteiger partial charge in [0.1, 0.15) is 0 Å². The molecule has 2 fully saturated rings. The molecule has 4 rings (SSSR count). The van der Waals surface area contributed by atoms with Crippen molar-refractivity contribution in [3.63, 3.8) is 0 Å². The Bertz CT molecular complexity index is 899. The Balaban J connectivity index is 1.38. The quantitative estimate of drug-likeness (QED) is 0.699. The molecule has 1 amide bonds. The number of ether oxygens (including phenoxy) is 2. The van der Waals surface area contributed by atoms with Crippen LogP contribution in [-0.4, -0.2) is 66.2 Å². The lowest BCUT2D eigenvalue weighted by molar-refractivity contribution is -0.139. The van der Waals surface area contributed by atoms with E-state index >= 15 is 0 Å². The highest BCUT2D eigenvalue weighted by Crippen LogP contribution is 2.31. The molecule has 0 bridgehead atoms. The minimum Gasteiger partial charge on any atom is -0.493 e. The molecule has 31 heavy (non-hydrogen) atoms. The summed E-state index contributed by atoms with van der Waals surface area (Å²) in [4.78, 5) is 21.9. The standard InChI is InChI=1S/C23H32N4O4/c1-16-6-4-11-27(13-16)23(28)18-7-5-10-26(14-18)15-21-24-22(25-31-21)17-8-9-19(29-2)20(12-17)30-3/h8-9,12,16,18H,4-7,10-11,13-15H2,1-3H3. The second-order valence-corrected chi connectivity index (χ2v) is 8.69. The summed E-state index contributed by atoms with van der Waals surface area (Å²) in [5.74, 6) is 3.33. The van der Waals surface area contributed by atoms with E-state index in [2.05, 4.69) is 26.9 Å². The smallest absolute Gasteiger partial charge is 0.241 e. The third kappa shape index (κ3) is 5.01. The van der Waals surface area contributed by atoms with Crippen LogP contribution in [0.5, 0.6) is 11.5 Å². The number of hydrogen-bond acceptors (Lipinski definition) is 7. The SMILES string of the molecule is COc1ccc(-c2noc(CN3CCCC(C(=O)N4CCCC(C)C4)C3)n2)cc1OC. The number of rotatable bonds is 6. The van der Waals surface area contributed by atoms with E-state index in [0.29, 0.717) is 41.6 Å². The van der Waals surface area contributed by atoms with Crippen LogP contribution in [0.1, 0.15) is 38.5 Å². The van der Waals surface area contributed by atoms with Gasteiger partial charge in [-0.1, -0.05) is 12.1 Å². The molecule has 0 aliphatic carbocycles. The lowest BCUT2D eigenvalue weighted by Gasteiger charge is -2.37. The Morgan fingerprint density at radius 1 is 1.13 bits per heavy atom. The fourth-order valence-electron chi connectivity index (χ4n) is 4.65. The summed E-state index contributed by atoms with van der Waals surface area (Å²) in [5, 5.41) is 4.13. The van der Waals surface area contributed by atoms with Crippen molar-refractivity contribution in [1.82, 2.24) is 19.9 Å². The molecule has 0 N–H and O–H groups in total. The van der Waals surface area contributed by atoms with E-state index < -0.39 is 0 Å². The molecule has 2 saturated heterocycles. The van der Waals surface area contributed by atoms with Gasteiger partial charge in [0, 0.05) is 25.2 Å². The van der Waals surface area contributed by atoms with Crippen LogP contribution in [0.4, 0.5) is 0 Å². The summed E-state index contributed by atoms with van der Waals surface area (Å²) in [7, 11) is 3.20. The summed E-state index contributed by atoms with van der Waals surface area (Å²) in [6.45, 7) is 6.27. The third-order valence-electron chi connectivity index (χ3n) is 6.29. The second-order valence-electron chi connectivity index (χ2n) is 8.69. The van der Waals surface area contributed by atoms with Gasteiger partial charge >= 0.3 is 0 Å². The van der Waals surface area contributed by atoms with Gasteiger partial charge in [0.05, 0.1) is 26.7 Å². The summed E-state index contributed by atoms with van der Waals surface area (Å²) >= 11 is 0. The zero-order valence-corrected chi connectivity index (χ0v) is 18.7. The molecule has 8 heteroatoms. The molecule has 1 aromatic heterocycles. The number of methoxy groups -OCH3 is 2. The van der Waals surface area contributed by atoms with E-state index in [1.165, 1.54) is 6.42 Å². The first-order chi connectivity index (χ1) is 15.1. The lowest BCUT2D eigenvalue weighted by atomic mass is 9.93. The molecule has 168 valence electrons. The largest absolute Gasteiger partial charge is 0.493 e. The number of aromatic nitrogens is 2. The molecule has 2 atom stereocenters. The number of carbonyl (C=O) groups excluding carboxylic acids is 1. The van der Waals surface area contributed by atoms with Crippen molar-refractivity contribution in [2.45, 2.75) is 39.2 Å². The Kier molecular flexibility index (Phi) is 6.75. The summed E-state index contributed by atoms with van der Waals surface area (Å²) < 4.78 is 16.2. The Morgan fingerprint density at radius 3 is 2.71 bits per heavy atom.